The monoisotopic (exact) mass is 410 g/mol. The fourth-order valence-electron chi connectivity index (χ4n) is 3.40. The minimum absolute atomic E-state index is 0.129. The number of nitrogens with one attached hydrogen (secondary N) is 1. The summed E-state index contributed by atoms with van der Waals surface area (Å²) in [7, 11) is -3.44. The summed E-state index contributed by atoms with van der Waals surface area (Å²) in [5.74, 6) is -0.129. The number of hydrogen-bond donors (Lipinski definition) is 1. The molecular weight excluding hydrogens is 384 g/mol. The third-order valence-electron chi connectivity index (χ3n) is 5.07. The number of benzene rings is 3. The van der Waals surface area contributed by atoms with Crippen LogP contribution in [0.15, 0.2) is 60.7 Å². The molecule has 0 aliphatic carbocycles. The number of fused-ring (bicyclic) bond motifs is 1. The van der Waals surface area contributed by atoms with Crippen molar-refractivity contribution in [3.8, 4) is 0 Å². The summed E-state index contributed by atoms with van der Waals surface area (Å²) < 4.78 is 26.1. The summed E-state index contributed by atoms with van der Waals surface area (Å²) in [6.07, 6.45) is 1.86. The van der Waals surface area contributed by atoms with Gasteiger partial charge in [-0.25, -0.2) is 8.42 Å². The molecule has 5 nitrogen and oxygen atoms in total. The molecule has 3 rings (SSSR count). The lowest BCUT2D eigenvalue weighted by molar-refractivity contribution is -0.116. The van der Waals surface area contributed by atoms with Gasteiger partial charge in [-0.05, 0) is 48.9 Å². The highest BCUT2D eigenvalue weighted by Gasteiger charge is 2.20. The molecule has 0 spiro atoms. The van der Waals surface area contributed by atoms with E-state index in [1.165, 1.54) is 10.6 Å². The van der Waals surface area contributed by atoms with Crippen LogP contribution >= 0.6 is 0 Å². The highest BCUT2D eigenvalue weighted by molar-refractivity contribution is 7.92. The molecule has 0 aliphatic rings. The van der Waals surface area contributed by atoms with Gasteiger partial charge in [0, 0.05) is 24.0 Å². The summed E-state index contributed by atoms with van der Waals surface area (Å²) in [6.45, 7) is 4.12. The summed E-state index contributed by atoms with van der Waals surface area (Å²) >= 11 is 0. The zero-order valence-electron chi connectivity index (χ0n) is 17.0. The Morgan fingerprint density at radius 1 is 0.966 bits per heavy atom. The SMILES string of the molecule is Cc1cccc(N(CCCC(=O)Nc2cccc3ccccc23)S(C)(=O)=O)c1C. The van der Waals surface area contributed by atoms with E-state index in [1.54, 1.807) is 6.07 Å². The Morgan fingerprint density at radius 2 is 1.66 bits per heavy atom. The van der Waals surface area contributed by atoms with E-state index in [-0.39, 0.29) is 18.9 Å². The van der Waals surface area contributed by atoms with Crippen molar-refractivity contribution in [1.82, 2.24) is 0 Å². The second-order valence-electron chi connectivity index (χ2n) is 7.23. The van der Waals surface area contributed by atoms with Crippen LogP contribution in [0.2, 0.25) is 0 Å². The van der Waals surface area contributed by atoms with Crippen LogP contribution in [0.3, 0.4) is 0 Å². The van der Waals surface area contributed by atoms with Gasteiger partial charge in [0.15, 0.2) is 0 Å². The molecule has 3 aromatic rings. The van der Waals surface area contributed by atoms with E-state index in [2.05, 4.69) is 5.32 Å². The van der Waals surface area contributed by atoms with E-state index in [4.69, 9.17) is 0 Å². The molecule has 0 unspecified atom stereocenters. The molecule has 152 valence electrons. The first-order valence-corrected chi connectivity index (χ1v) is 11.4. The Hall–Kier alpha value is -2.86. The van der Waals surface area contributed by atoms with Crippen LogP contribution in [0.25, 0.3) is 10.8 Å². The summed E-state index contributed by atoms with van der Waals surface area (Å²) in [5, 5.41) is 4.99. The molecule has 0 bridgehead atoms. The van der Waals surface area contributed by atoms with Crippen molar-refractivity contribution >= 4 is 38.1 Å². The molecule has 0 saturated heterocycles. The van der Waals surface area contributed by atoms with Gasteiger partial charge in [0.25, 0.3) is 0 Å². The average molecular weight is 411 g/mol. The van der Waals surface area contributed by atoms with Gasteiger partial charge < -0.3 is 5.32 Å². The molecule has 0 fully saturated rings. The molecule has 0 heterocycles. The molecule has 0 aliphatic heterocycles. The standard InChI is InChI=1S/C23H26N2O3S/c1-17-9-6-14-22(18(17)2)25(29(3,27)28)16-8-15-23(26)24-21-13-7-11-19-10-4-5-12-20(19)21/h4-7,9-14H,8,15-16H2,1-3H3,(H,24,26). The number of carbonyl (C=O) groups excluding carboxylic acids is 1. The van der Waals surface area contributed by atoms with Crippen molar-refractivity contribution < 1.29 is 13.2 Å². The maximum Gasteiger partial charge on any atom is 0.232 e. The third kappa shape index (κ3) is 4.95. The second kappa shape index (κ2) is 8.66. The normalized spacial score (nSPS) is 11.4. The van der Waals surface area contributed by atoms with E-state index >= 15 is 0 Å². The van der Waals surface area contributed by atoms with Crippen LogP contribution in [0.4, 0.5) is 11.4 Å². The number of aryl methyl sites for hydroxylation is 1. The minimum Gasteiger partial charge on any atom is -0.326 e. The van der Waals surface area contributed by atoms with Gasteiger partial charge in [0.05, 0.1) is 11.9 Å². The van der Waals surface area contributed by atoms with Crippen LogP contribution in [0.1, 0.15) is 24.0 Å². The van der Waals surface area contributed by atoms with Gasteiger partial charge in [0.2, 0.25) is 15.9 Å². The van der Waals surface area contributed by atoms with Crippen molar-refractivity contribution in [3.05, 3.63) is 71.8 Å². The minimum atomic E-state index is -3.44. The molecule has 3 aromatic carbocycles. The van der Waals surface area contributed by atoms with Gasteiger partial charge in [-0.15, -0.1) is 0 Å². The average Bonchev–Trinajstić information content (AvgIpc) is 2.67. The number of sulfonamides is 1. The maximum atomic E-state index is 12.5. The largest absolute Gasteiger partial charge is 0.326 e. The van der Waals surface area contributed by atoms with Crippen LogP contribution in [0, 0.1) is 13.8 Å². The zero-order chi connectivity index (χ0) is 21.0. The van der Waals surface area contributed by atoms with Gasteiger partial charge >= 0.3 is 0 Å². The van der Waals surface area contributed by atoms with E-state index in [0.29, 0.717) is 12.1 Å². The smallest absolute Gasteiger partial charge is 0.232 e. The first-order chi connectivity index (χ1) is 13.8. The molecule has 0 radical (unpaired) electrons. The van der Waals surface area contributed by atoms with Crippen molar-refractivity contribution in [2.75, 3.05) is 22.4 Å². The molecule has 0 atom stereocenters. The Kier molecular flexibility index (Phi) is 6.23. The number of amides is 1. The Labute approximate surface area is 172 Å². The summed E-state index contributed by atoms with van der Waals surface area (Å²) in [4.78, 5) is 12.5. The van der Waals surface area contributed by atoms with Gasteiger partial charge in [-0.2, -0.15) is 0 Å². The number of rotatable bonds is 7. The number of anilines is 2. The molecule has 0 saturated carbocycles. The topological polar surface area (TPSA) is 66.5 Å². The molecule has 29 heavy (non-hydrogen) atoms. The quantitative estimate of drug-likeness (QED) is 0.617. The van der Waals surface area contributed by atoms with Crippen molar-refractivity contribution in [3.63, 3.8) is 0 Å². The fraction of sp³-hybridized carbons (Fsp3) is 0.261. The van der Waals surface area contributed by atoms with E-state index < -0.39 is 10.0 Å². The molecule has 0 aromatic heterocycles. The fourth-order valence-corrected chi connectivity index (χ4v) is 4.42. The van der Waals surface area contributed by atoms with Crippen LogP contribution < -0.4 is 9.62 Å². The zero-order valence-corrected chi connectivity index (χ0v) is 17.8. The first kappa shape index (κ1) is 20.9. The highest BCUT2D eigenvalue weighted by atomic mass is 32.2. The van der Waals surface area contributed by atoms with Crippen molar-refractivity contribution in [1.29, 1.82) is 0 Å². The summed E-state index contributed by atoms with van der Waals surface area (Å²) in [6, 6.07) is 19.3. The predicted octanol–water partition coefficient (Wildman–Crippen LogP) is 4.64. The van der Waals surface area contributed by atoms with Gasteiger partial charge in [-0.1, -0.05) is 48.5 Å². The molecule has 1 amide bonds. The van der Waals surface area contributed by atoms with Crippen molar-refractivity contribution in [2.45, 2.75) is 26.7 Å². The first-order valence-electron chi connectivity index (χ1n) is 9.59. The lowest BCUT2D eigenvalue weighted by Gasteiger charge is -2.25. The van der Waals surface area contributed by atoms with Crippen LogP contribution in [-0.4, -0.2) is 27.1 Å². The lowest BCUT2D eigenvalue weighted by Crippen LogP contribution is -2.32. The van der Waals surface area contributed by atoms with E-state index in [1.807, 2.05) is 68.4 Å². The maximum absolute atomic E-state index is 12.5. The Morgan fingerprint density at radius 3 is 2.41 bits per heavy atom. The molecule has 1 N–H and O–H groups in total. The van der Waals surface area contributed by atoms with Crippen LogP contribution in [0.5, 0.6) is 0 Å². The van der Waals surface area contributed by atoms with Gasteiger partial charge in [-0.3, -0.25) is 9.10 Å². The van der Waals surface area contributed by atoms with Gasteiger partial charge in [0.1, 0.15) is 0 Å². The highest BCUT2D eigenvalue weighted by Crippen LogP contribution is 2.26. The number of carbonyl (C=O) groups is 1. The lowest BCUT2D eigenvalue weighted by atomic mass is 10.1. The second-order valence-corrected chi connectivity index (χ2v) is 9.14. The van der Waals surface area contributed by atoms with E-state index in [9.17, 15) is 13.2 Å². The molecular formula is C23H26N2O3S. The third-order valence-corrected chi connectivity index (χ3v) is 6.25. The molecule has 6 heteroatoms. The van der Waals surface area contributed by atoms with E-state index in [0.717, 1.165) is 27.6 Å². The summed E-state index contributed by atoms with van der Waals surface area (Å²) in [5.41, 5.74) is 3.40. The Bertz CT molecular complexity index is 1130. The van der Waals surface area contributed by atoms with Crippen LogP contribution in [-0.2, 0) is 14.8 Å². The Balaban J connectivity index is 1.68. The predicted molar refractivity (Wildman–Crippen MR) is 120 cm³/mol. The number of nitrogens with zero attached hydrogens (tertiary/aromatic N) is 1. The number of hydrogen-bond acceptors (Lipinski definition) is 3. The van der Waals surface area contributed by atoms with Crippen molar-refractivity contribution in [2.24, 2.45) is 0 Å².